The van der Waals surface area contributed by atoms with Gasteiger partial charge < -0.3 is 9.84 Å². The van der Waals surface area contributed by atoms with Gasteiger partial charge in [-0.2, -0.15) is 4.31 Å². The predicted octanol–water partition coefficient (Wildman–Crippen LogP) is 2.17. The number of aliphatic carboxylic acids is 1. The zero-order valence-electron chi connectivity index (χ0n) is 14.6. The molecule has 0 bridgehead atoms. The summed E-state index contributed by atoms with van der Waals surface area (Å²) in [6.07, 6.45) is 1.56. The second-order valence-electron chi connectivity index (χ2n) is 7.30. The quantitative estimate of drug-likeness (QED) is 0.842. The molecule has 0 spiro atoms. The normalized spacial score (nSPS) is 24.9. The number of carboxylic acids is 1. The highest BCUT2D eigenvalue weighted by molar-refractivity contribution is 7.89. The summed E-state index contributed by atoms with van der Waals surface area (Å²) < 4.78 is 33.0. The number of sulfonamides is 1. The summed E-state index contributed by atoms with van der Waals surface area (Å²) in [6, 6.07) is -0.944. The summed E-state index contributed by atoms with van der Waals surface area (Å²) in [5, 5.41) is 9.05. The Bertz CT molecular complexity index is 841. The Morgan fingerprint density at radius 3 is 2.38 bits per heavy atom. The molecule has 2 aliphatic heterocycles. The summed E-state index contributed by atoms with van der Waals surface area (Å²) in [4.78, 5) is 11.3. The fourth-order valence-corrected chi connectivity index (χ4v) is 5.49. The Hall–Kier alpha value is -1.60. The van der Waals surface area contributed by atoms with Gasteiger partial charge in [0.25, 0.3) is 0 Å². The third-order valence-electron chi connectivity index (χ3n) is 5.09. The highest BCUT2D eigenvalue weighted by Gasteiger charge is 2.51. The summed E-state index contributed by atoms with van der Waals surface area (Å²) in [6.45, 7) is 9.51. The first-order chi connectivity index (χ1) is 11.0. The van der Waals surface area contributed by atoms with Crippen LogP contribution in [0.3, 0.4) is 0 Å². The lowest BCUT2D eigenvalue weighted by atomic mass is 9.88. The number of benzene rings is 1. The molecule has 0 radical (unpaired) electrons. The Labute approximate surface area is 142 Å². The zero-order chi connectivity index (χ0) is 18.0. The van der Waals surface area contributed by atoms with E-state index in [9.17, 15) is 13.2 Å². The van der Waals surface area contributed by atoms with Gasteiger partial charge in [0.05, 0.1) is 4.90 Å². The number of hydrogen-bond donors (Lipinski definition) is 1. The fourth-order valence-electron chi connectivity index (χ4n) is 3.44. The van der Waals surface area contributed by atoms with Crippen molar-refractivity contribution >= 4 is 16.0 Å². The maximum atomic E-state index is 12.9. The van der Waals surface area contributed by atoms with Gasteiger partial charge in [0, 0.05) is 6.54 Å². The number of nitrogens with zero attached hydrogens (tertiary/aromatic N) is 1. The molecule has 1 aromatic carbocycles. The smallest absolute Gasteiger partial charge is 0.323 e. The van der Waals surface area contributed by atoms with Crippen LogP contribution in [0.2, 0.25) is 0 Å². The van der Waals surface area contributed by atoms with Gasteiger partial charge in [-0.05, 0) is 69.7 Å². The molecule has 2 heterocycles. The standard InChI is InChI=1S/C17H23NO5S/c1-9-10(2)15(24(21,22)18-8-13(18)16(19)20)11(3)12-6-7-17(4,5)23-14(9)12/h13H,6-8H2,1-5H3,(H,19,20)/t13-,18?/m0/s1. The van der Waals surface area contributed by atoms with Crippen molar-refractivity contribution in [1.82, 2.24) is 4.31 Å². The van der Waals surface area contributed by atoms with Crippen LogP contribution in [0.25, 0.3) is 0 Å². The summed E-state index contributed by atoms with van der Waals surface area (Å²) in [5.41, 5.74) is 2.78. The van der Waals surface area contributed by atoms with E-state index in [4.69, 9.17) is 9.84 Å². The van der Waals surface area contributed by atoms with Gasteiger partial charge >= 0.3 is 5.97 Å². The predicted molar refractivity (Wildman–Crippen MR) is 89.0 cm³/mol. The van der Waals surface area contributed by atoms with Gasteiger partial charge in [-0.15, -0.1) is 0 Å². The molecule has 0 saturated carbocycles. The number of hydrogen-bond acceptors (Lipinski definition) is 4. The minimum Gasteiger partial charge on any atom is -0.487 e. The molecule has 132 valence electrons. The lowest BCUT2D eigenvalue weighted by Crippen LogP contribution is -2.34. The van der Waals surface area contributed by atoms with E-state index in [0.717, 1.165) is 34.0 Å². The third kappa shape index (κ3) is 2.50. The molecular formula is C17H23NO5S. The monoisotopic (exact) mass is 353 g/mol. The molecule has 3 rings (SSSR count). The zero-order valence-corrected chi connectivity index (χ0v) is 15.5. The molecule has 0 aliphatic carbocycles. The maximum Gasteiger partial charge on any atom is 0.323 e. The van der Waals surface area contributed by atoms with Crippen molar-refractivity contribution in [3.05, 3.63) is 22.3 Å². The van der Waals surface area contributed by atoms with E-state index >= 15 is 0 Å². The van der Waals surface area contributed by atoms with Gasteiger partial charge in [-0.25, -0.2) is 8.42 Å². The average molecular weight is 353 g/mol. The molecule has 0 aromatic heterocycles. The van der Waals surface area contributed by atoms with E-state index in [0.29, 0.717) is 11.1 Å². The topological polar surface area (TPSA) is 83.7 Å². The van der Waals surface area contributed by atoms with E-state index in [2.05, 4.69) is 0 Å². The first-order valence-electron chi connectivity index (χ1n) is 8.03. The van der Waals surface area contributed by atoms with Gasteiger partial charge in [0.1, 0.15) is 17.4 Å². The number of carbonyl (C=O) groups is 1. The third-order valence-corrected chi connectivity index (χ3v) is 7.23. The molecule has 2 atom stereocenters. The van der Waals surface area contributed by atoms with Crippen molar-refractivity contribution in [2.24, 2.45) is 0 Å². The summed E-state index contributed by atoms with van der Waals surface area (Å²) >= 11 is 0. The molecule has 24 heavy (non-hydrogen) atoms. The van der Waals surface area contributed by atoms with Crippen LogP contribution in [0.1, 0.15) is 42.5 Å². The number of fused-ring (bicyclic) bond motifs is 1. The summed E-state index contributed by atoms with van der Waals surface area (Å²) in [7, 11) is -3.81. The largest absolute Gasteiger partial charge is 0.487 e. The van der Waals surface area contributed by atoms with Crippen LogP contribution in [0.4, 0.5) is 0 Å². The van der Waals surface area contributed by atoms with Crippen LogP contribution in [0.5, 0.6) is 5.75 Å². The molecule has 0 amide bonds. The fraction of sp³-hybridized carbons (Fsp3) is 0.588. The van der Waals surface area contributed by atoms with Crippen LogP contribution in [-0.2, 0) is 21.2 Å². The second kappa shape index (κ2) is 5.20. The minimum atomic E-state index is -3.81. The number of rotatable bonds is 3. The maximum absolute atomic E-state index is 12.9. The lowest BCUT2D eigenvalue weighted by Gasteiger charge is -2.35. The lowest BCUT2D eigenvalue weighted by molar-refractivity contribution is -0.136. The Morgan fingerprint density at radius 1 is 1.21 bits per heavy atom. The first kappa shape index (κ1) is 17.2. The van der Waals surface area contributed by atoms with Crippen molar-refractivity contribution in [1.29, 1.82) is 0 Å². The van der Waals surface area contributed by atoms with Crippen LogP contribution >= 0.6 is 0 Å². The van der Waals surface area contributed by atoms with Crippen molar-refractivity contribution < 1.29 is 23.1 Å². The van der Waals surface area contributed by atoms with E-state index in [-0.39, 0.29) is 17.0 Å². The van der Waals surface area contributed by atoms with Crippen molar-refractivity contribution in [2.45, 2.75) is 64.0 Å². The second-order valence-corrected chi connectivity index (χ2v) is 9.13. The van der Waals surface area contributed by atoms with Crippen molar-refractivity contribution in [3.63, 3.8) is 0 Å². The molecule has 1 aromatic rings. The molecule has 1 saturated heterocycles. The van der Waals surface area contributed by atoms with Gasteiger partial charge in [0.2, 0.25) is 10.0 Å². The van der Waals surface area contributed by atoms with E-state index < -0.39 is 22.0 Å². The average Bonchev–Trinajstić information content (AvgIpc) is 3.25. The van der Waals surface area contributed by atoms with Crippen LogP contribution in [0, 0.1) is 20.8 Å². The first-order valence-corrected chi connectivity index (χ1v) is 9.47. The number of carboxylic acid groups (broad SMARTS) is 1. The molecule has 1 unspecified atom stereocenters. The van der Waals surface area contributed by atoms with Crippen molar-refractivity contribution in [2.75, 3.05) is 6.54 Å². The van der Waals surface area contributed by atoms with Gasteiger partial charge in [-0.1, -0.05) is 0 Å². The van der Waals surface area contributed by atoms with Crippen LogP contribution in [-0.4, -0.2) is 42.0 Å². The molecule has 6 nitrogen and oxygen atoms in total. The highest BCUT2D eigenvalue weighted by Crippen LogP contribution is 2.43. The number of ether oxygens (including phenoxy) is 1. The molecule has 1 fully saturated rings. The minimum absolute atomic E-state index is 0.0379. The van der Waals surface area contributed by atoms with Gasteiger partial charge in [-0.3, -0.25) is 4.79 Å². The van der Waals surface area contributed by atoms with Crippen LogP contribution < -0.4 is 4.74 Å². The van der Waals surface area contributed by atoms with Crippen molar-refractivity contribution in [3.8, 4) is 5.75 Å². The molecule has 1 N–H and O–H groups in total. The molecular weight excluding hydrogens is 330 g/mol. The highest BCUT2D eigenvalue weighted by atomic mass is 32.2. The van der Waals surface area contributed by atoms with Crippen LogP contribution in [0.15, 0.2) is 4.90 Å². The van der Waals surface area contributed by atoms with E-state index in [1.54, 1.807) is 13.8 Å². The van der Waals surface area contributed by atoms with E-state index in [1.165, 1.54) is 0 Å². The molecule has 2 aliphatic rings. The molecule has 7 heteroatoms. The Balaban J connectivity index is 2.15. The summed E-state index contributed by atoms with van der Waals surface area (Å²) in [5.74, 6) is -0.325. The van der Waals surface area contributed by atoms with Gasteiger partial charge in [0.15, 0.2) is 0 Å². The van der Waals surface area contributed by atoms with E-state index in [1.807, 2.05) is 20.8 Å². The SMILES string of the molecule is Cc1c(C)c(S(=O)(=O)N2C[C@H]2C(=O)O)c(C)c2c1OC(C)(C)CC2. The Kier molecular flexibility index (Phi) is 3.73. The Morgan fingerprint density at radius 2 is 1.83 bits per heavy atom.